The summed E-state index contributed by atoms with van der Waals surface area (Å²) in [5, 5.41) is 9.06. The molecule has 0 aliphatic heterocycles. The van der Waals surface area contributed by atoms with Crippen molar-refractivity contribution >= 4 is 46.5 Å². The van der Waals surface area contributed by atoms with Crippen LogP contribution in [0.25, 0.3) is 0 Å². The van der Waals surface area contributed by atoms with Gasteiger partial charge in [0.05, 0.1) is 12.5 Å². The normalized spacial score (nSPS) is 12.1. The molecule has 7 heteroatoms. The molecule has 1 N–H and O–H groups in total. The maximum atomic E-state index is 11.0. The van der Waals surface area contributed by atoms with Gasteiger partial charge in [-0.05, 0) is 12.8 Å². The Labute approximate surface area is 158 Å². The molecule has 1 unspecified atom stereocenters. The number of unbranched alkanes of at least 4 members (excludes halogenated alkanes) is 8. The van der Waals surface area contributed by atoms with Crippen molar-refractivity contribution in [2.45, 2.75) is 77.6 Å². The number of carboxylic acids is 1. The summed E-state index contributed by atoms with van der Waals surface area (Å²) in [6, 6.07) is 0. The first kappa shape index (κ1) is 24.6. The second-order valence-electron chi connectivity index (χ2n) is 5.50. The fourth-order valence-corrected chi connectivity index (χ4v) is 2.62. The van der Waals surface area contributed by atoms with Crippen LogP contribution < -0.4 is 0 Å². The summed E-state index contributed by atoms with van der Waals surface area (Å²) in [7, 11) is -2.87. The zero-order valence-electron chi connectivity index (χ0n) is 13.1. The third-order valence-electron chi connectivity index (χ3n) is 3.67. The van der Waals surface area contributed by atoms with E-state index in [0.717, 1.165) is 19.3 Å². The van der Waals surface area contributed by atoms with E-state index in [-0.39, 0.29) is 42.6 Å². The molecule has 0 bridgehead atoms. The third kappa shape index (κ3) is 16.7. The number of carboxylic acid groups (broad SMARTS) is 1. The molecular formula is C15H31NaO5S. The monoisotopic (exact) mass is 346 g/mol. The van der Waals surface area contributed by atoms with Gasteiger partial charge >= 0.3 is 35.5 Å². The Balaban J connectivity index is 0. The number of rotatable bonds is 15. The molecular weight excluding hydrogens is 315 g/mol. The fourth-order valence-electron chi connectivity index (χ4n) is 2.36. The standard InChI is InChI=1S/C15H30O5S.Na.H/c1-2-3-4-5-6-7-8-9-10-11-14(15(16)17)12-13-20-21(18)19;;/h14,21H,2-13H2,1H3,(H,16,17);;. The molecule has 22 heavy (non-hydrogen) atoms. The number of thiol groups is 1. The minimum absolute atomic E-state index is 0. The predicted molar refractivity (Wildman–Crippen MR) is 91.0 cm³/mol. The summed E-state index contributed by atoms with van der Waals surface area (Å²) in [4.78, 5) is 11.0. The molecule has 0 spiro atoms. The van der Waals surface area contributed by atoms with Crippen LogP contribution in [0, 0.1) is 5.92 Å². The Morgan fingerprint density at radius 2 is 1.45 bits per heavy atom. The van der Waals surface area contributed by atoms with E-state index in [9.17, 15) is 13.2 Å². The summed E-state index contributed by atoms with van der Waals surface area (Å²) in [6.45, 7) is 2.17. The molecule has 0 fully saturated rings. The van der Waals surface area contributed by atoms with Crippen molar-refractivity contribution in [1.29, 1.82) is 0 Å². The van der Waals surface area contributed by atoms with Gasteiger partial charge < -0.3 is 5.11 Å². The second kappa shape index (κ2) is 17.7. The Bertz CT molecular complexity index is 326. The third-order valence-corrected chi connectivity index (χ3v) is 4.06. The molecule has 0 aromatic carbocycles. The van der Waals surface area contributed by atoms with Crippen LogP contribution in [0.3, 0.4) is 0 Å². The van der Waals surface area contributed by atoms with Crippen LogP contribution in [0.4, 0.5) is 0 Å². The van der Waals surface area contributed by atoms with Gasteiger partial charge in [-0.15, -0.1) is 0 Å². The molecule has 0 saturated heterocycles. The van der Waals surface area contributed by atoms with Gasteiger partial charge in [0.1, 0.15) is 0 Å². The SMILES string of the molecule is CCCCCCCCCCCC(CCO[SH](=O)=O)C(=O)O.[NaH]. The molecule has 0 aliphatic rings. The number of hydrogen-bond acceptors (Lipinski definition) is 4. The summed E-state index contributed by atoms with van der Waals surface area (Å²) >= 11 is 0. The van der Waals surface area contributed by atoms with Gasteiger partial charge in [-0.25, -0.2) is 8.42 Å². The first-order valence-electron chi connectivity index (χ1n) is 8.08. The first-order valence-corrected chi connectivity index (χ1v) is 9.17. The van der Waals surface area contributed by atoms with Crippen LogP contribution >= 0.6 is 0 Å². The van der Waals surface area contributed by atoms with Crippen molar-refractivity contribution in [2.75, 3.05) is 6.61 Å². The number of aliphatic carboxylic acids is 1. The van der Waals surface area contributed by atoms with Crippen molar-refractivity contribution in [3.8, 4) is 0 Å². The maximum absolute atomic E-state index is 11.0. The van der Waals surface area contributed by atoms with Crippen LogP contribution in [0.2, 0.25) is 0 Å². The number of carbonyl (C=O) groups is 1. The van der Waals surface area contributed by atoms with E-state index < -0.39 is 22.9 Å². The summed E-state index contributed by atoms with van der Waals surface area (Å²) in [5.41, 5.74) is 0. The fraction of sp³-hybridized carbons (Fsp3) is 0.933. The first-order chi connectivity index (χ1) is 10.1. The van der Waals surface area contributed by atoms with Gasteiger partial charge in [0.25, 0.3) is 11.0 Å². The van der Waals surface area contributed by atoms with Crippen LogP contribution in [-0.4, -0.2) is 55.7 Å². The van der Waals surface area contributed by atoms with Crippen molar-refractivity contribution in [3.05, 3.63) is 0 Å². The van der Waals surface area contributed by atoms with Crippen molar-refractivity contribution in [3.63, 3.8) is 0 Å². The molecule has 0 aliphatic carbocycles. The van der Waals surface area contributed by atoms with Crippen LogP contribution in [0.15, 0.2) is 0 Å². The molecule has 0 amide bonds. The Morgan fingerprint density at radius 1 is 0.955 bits per heavy atom. The molecule has 0 aromatic heterocycles. The van der Waals surface area contributed by atoms with E-state index in [1.54, 1.807) is 0 Å². The van der Waals surface area contributed by atoms with Gasteiger partial charge in [-0.2, -0.15) is 0 Å². The van der Waals surface area contributed by atoms with Gasteiger partial charge in [0.2, 0.25) is 0 Å². The molecule has 0 heterocycles. The van der Waals surface area contributed by atoms with E-state index in [1.807, 2.05) is 0 Å². The molecule has 1 atom stereocenters. The topological polar surface area (TPSA) is 80.7 Å². The van der Waals surface area contributed by atoms with Crippen LogP contribution in [-0.2, 0) is 20.0 Å². The summed E-state index contributed by atoms with van der Waals surface area (Å²) in [5.74, 6) is -1.36. The van der Waals surface area contributed by atoms with E-state index in [4.69, 9.17) is 5.11 Å². The van der Waals surface area contributed by atoms with Crippen molar-refractivity contribution in [2.24, 2.45) is 5.92 Å². The Morgan fingerprint density at radius 3 is 1.91 bits per heavy atom. The molecule has 5 nitrogen and oxygen atoms in total. The van der Waals surface area contributed by atoms with Gasteiger partial charge in [-0.3, -0.25) is 8.98 Å². The molecule has 128 valence electrons. The molecule has 0 radical (unpaired) electrons. The van der Waals surface area contributed by atoms with E-state index >= 15 is 0 Å². The van der Waals surface area contributed by atoms with Gasteiger partial charge in [-0.1, -0.05) is 64.7 Å². The van der Waals surface area contributed by atoms with Crippen LogP contribution in [0.5, 0.6) is 0 Å². The molecule has 0 aromatic rings. The Hall–Kier alpha value is 0.380. The Kier molecular flexibility index (Phi) is 19.8. The van der Waals surface area contributed by atoms with Crippen LogP contribution in [0.1, 0.15) is 77.6 Å². The molecule has 0 saturated carbocycles. The summed E-state index contributed by atoms with van der Waals surface area (Å²) in [6.07, 6.45) is 11.6. The zero-order valence-corrected chi connectivity index (χ0v) is 14.0. The van der Waals surface area contributed by atoms with Crippen molar-refractivity contribution in [1.82, 2.24) is 0 Å². The van der Waals surface area contributed by atoms with E-state index in [1.165, 1.54) is 38.5 Å². The average Bonchev–Trinajstić information content (AvgIpc) is 2.43. The van der Waals surface area contributed by atoms with Gasteiger partial charge in [0.15, 0.2) is 0 Å². The average molecular weight is 346 g/mol. The molecule has 0 rings (SSSR count). The number of hydrogen-bond donors (Lipinski definition) is 2. The van der Waals surface area contributed by atoms with E-state index in [2.05, 4.69) is 11.1 Å². The summed E-state index contributed by atoms with van der Waals surface area (Å²) < 4.78 is 24.9. The zero-order chi connectivity index (χ0) is 15.9. The van der Waals surface area contributed by atoms with Gasteiger partial charge in [0, 0.05) is 0 Å². The predicted octanol–water partition coefficient (Wildman–Crippen LogP) is 2.89. The van der Waals surface area contributed by atoms with E-state index in [0.29, 0.717) is 6.42 Å². The second-order valence-corrected chi connectivity index (χ2v) is 6.20. The minimum atomic E-state index is -2.87. The quantitative estimate of drug-likeness (QED) is 0.271. The van der Waals surface area contributed by atoms with Crippen molar-refractivity contribution < 1.29 is 22.5 Å².